The summed E-state index contributed by atoms with van der Waals surface area (Å²) < 4.78 is 1.78. The topological polar surface area (TPSA) is 68.5 Å². The lowest BCUT2D eigenvalue weighted by Gasteiger charge is -2.08. The molecule has 6 nitrogen and oxygen atoms in total. The van der Waals surface area contributed by atoms with Crippen LogP contribution in [0.5, 0.6) is 0 Å². The van der Waals surface area contributed by atoms with E-state index in [9.17, 15) is 0 Å². The summed E-state index contributed by atoms with van der Waals surface area (Å²) in [5.74, 6) is 0.724. The third kappa shape index (κ3) is 3.04. The molecule has 0 saturated heterocycles. The lowest BCUT2D eigenvalue weighted by molar-refractivity contribution is 0.887. The molecule has 4 rings (SSSR count). The van der Waals surface area contributed by atoms with E-state index in [2.05, 4.69) is 25.4 Å². The highest BCUT2D eigenvalue weighted by Crippen LogP contribution is 2.25. The van der Waals surface area contributed by atoms with Crippen molar-refractivity contribution in [2.45, 2.75) is 13.5 Å². The molecule has 3 aromatic heterocycles. The van der Waals surface area contributed by atoms with Crippen LogP contribution in [-0.2, 0) is 6.54 Å². The number of aromatic nitrogens is 5. The van der Waals surface area contributed by atoms with Gasteiger partial charge < -0.3 is 5.32 Å². The van der Waals surface area contributed by atoms with Crippen LogP contribution in [0, 0.1) is 6.92 Å². The molecule has 124 valence electrons. The number of aryl methyl sites for hydroxylation is 1. The number of halogens is 1. The van der Waals surface area contributed by atoms with Crippen LogP contribution in [0.4, 0.5) is 5.82 Å². The second kappa shape index (κ2) is 6.49. The lowest BCUT2D eigenvalue weighted by Crippen LogP contribution is -2.04. The van der Waals surface area contributed by atoms with E-state index in [4.69, 9.17) is 11.6 Å². The first-order valence-corrected chi connectivity index (χ1v) is 8.19. The van der Waals surface area contributed by atoms with E-state index in [1.165, 1.54) is 6.33 Å². The Kier molecular flexibility index (Phi) is 4.03. The molecular formula is C18H15ClN6. The van der Waals surface area contributed by atoms with Gasteiger partial charge >= 0.3 is 0 Å². The normalized spacial score (nSPS) is 11.0. The highest BCUT2D eigenvalue weighted by Gasteiger charge is 2.13. The van der Waals surface area contributed by atoms with Crippen molar-refractivity contribution in [2.75, 3.05) is 5.32 Å². The summed E-state index contributed by atoms with van der Waals surface area (Å²) in [6.07, 6.45) is 5.06. The summed E-state index contributed by atoms with van der Waals surface area (Å²) >= 11 is 6.14. The molecule has 0 fully saturated rings. The molecule has 0 aliphatic heterocycles. The van der Waals surface area contributed by atoms with Crippen LogP contribution < -0.4 is 5.32 Å². The van der Waals surface area contributed by atoms with E-state index >= 15 is 0 Å². The van der Waals surface area contributed by atoms with Crippen LogP contribution in [0.2, 0.25) is 5.02 Å². The number of hydrogen-bond donors (Lipinski definition) is 1. The first kappa shape index (κ1) is 15.5. The van der Waals surface area contributed by atoms with E-state index in [0.717, 1.165) is 33.8 Å². The van der Waals surface area contributed by atoms with Crippen LogP contribution in [0.1, 0.15) is 11.3 Å². The molecule has 0 aliphatic carbocycles. The van der Waals surface area contributed by atoms with Crippen LogP contribution in [0.3, 0.4) is 0 Å². The Labute approximate surface area is 149 Å². The van der Waals surface area contributed by atoms with E-state index in [1.54, 1.807) is 17.1 Å². The standard InChI is InChI=1S/C18H15ClN6/c1-12-5-6-13(19)8-16(12)25-18-15(10-24-25)17(22-11-23-18)21-9-14-4-2-3-7-20-14/h2-8,10-11H,9H2,1H3,(H,21,22,23). The third-order valence-corrected chi connectivity index (χ3v) is 4.16. The fraction of sp³-hybridized carbons (Fsp3) is 0.111. The minimum absolute atomic E-state index is 0.578. The van der Waals surface area contributed by atoms with Crippen molar-refractivity contribution in [2.24, 2.45) is 0 Å². The first-order valence-electron chi connectivity index (χ1n) is 7.81. The van der Waals surface area contributed by atoms with Crippen LogP contribution >= 0.6 is 11.6 Å². The molecule has 4 aromatic rings. The molecule has 3 heterocycles. The van der Waals surface area contributed by atoms with Gasteiger partial charge in [0.05, 0.1) is 29.5 Å². The van der Waals surface area contributed by atoms with Gasteiger partial charge in [0.25, 0.3) is 0 Å². The number of hydrogen-bond acceptors (Lipinski definition) is 5. The van der Waals surface area contributed by atoms with Crippen molar-refractivity contribution < 1.29 is 0 Å². The Morgan fingerprint density at radius 3 is 2.88 bits per heavy atom. The molecule has 1 aromatic carbocycles. The number of anilines is 1. The summed E-state index contributed by atoms with van der Waals surface area (Å²) in [6.45, 7) is 2.59. The SMILES string of the molecule is Cc1ccc(Cl)cc1-n1ncc2c(NCc3ccccn3)ncnc21. The van der Waals surface area contributed by atoms with Crippen molar-refractivity contribution in [3.05, 3.63) is 71.4 Å². The smallest absolute Gasteiger partial charge is 0.168 e. The lowest BCUT2D eigenvalue weighted by atomic mass is 10.2. The quantitative estimate of drug-likeness (QED) is 0.606. The second-order valence-electron chi connectivity index (χ2n) is 5.62. The molecule has 0 saturated carbocycles. The van der Waals surface area contributed by atoms with Crippen molar-refractivity contribution in [3.63, 3.8) is 0 Å². The highest BCUT2D eigenvalue weighted by atomic mass is 35.5. The Balaban J connectivity index is 1.72. The van der Waals surface area contributed by atoms with E-state index in [-0.39, 0.29) is 0 Å². The first-order chi connectivity index (χ1) is 12.2. The zero-order chi connectivity index (χ0) is 17.2. The van der Waals surface area contributed by atoms with Gasteiger partial charge in [-0.05, 0) is 36.8 Å². The van der Waals surface area contributed by atoms with Crippen LogP contribution in [-0.4, -0.2) is 24.7 Å². The average Bonchev–Trinajstić information content (AvgIpc) is 3.07. The van der Waals surface area contributed by atoms with Gasteiger partial charge in [0.2, 0.25) is 0 Å². The summed E-state index contributed by atoms with van der Waals surface area (Å²) in [5, 5.41) is 9.29. The van der Waals surface area contributed by atoms with Crippen molar-refractivity contribution in [1.29, 1.82) is 0 Å². The molecule has 0 aliphatic rings. The number of nitrogens with one attached hydrogen (secondary N) is 1. The van der Waals surface area contributed by atoms with Gasteiger partial charge in [-0.2, -0.15) is 5.10 Å². The highest BCUT2D eigenvalue weighted by molar-refractivity contribution is 6.30. The molecule has 25 heavy (non-hydrogen) atoms. The Morgan fingerprint density at radius 1 is 1.12 bits per heavy atom. The van der Waals surface area contributed by atoms with Crippen molar-refractivity contribution in [3.8, 4) is 5.69 Å². The van der Waals surface area contributed by atoms with E-state index in [0.29, 0.717) is 11.6 Å². The molecule has 0 radical (unpaired) electrons. The Bertz CT molecular complexity index is 1030. The summed E-state index contributed by atoms with van der Waals surface area (Å²) in [4.78, 5) is 13.0. The van der Waals surface area contributed by atoms with Gasteiger partial charge in [-0.3, -0.25) is 4.98 Å². The molecule has 0 amide bonds. The monoisotopic (exact) mass is 350 g/mol. The molecule has 1 N–H and O–H groups in total. The van der Waals surface area contributed by atoms with Crippen molar-refractivity contribution >= 4 is 28.5 Å². The Morgan fingerprint density at radius 2 is 2.04 bits per heavy atom. The van der Waals surface area contributed by atoms with Gasteiger partial charge in [-0.15, -0.1) is 0 Å². The van der Waals surface area contributed by atoms with Gasteiger partial charge in [0.1, 0.15) is 12.1 Å². The maximum atomic E-state index is 6.14. The van der Waals surface area contributed by atoms with Gasteiger partial charge in [0.15, 0.2) is 5.65 Å². The zero-order valence-electron chi connectivity index (χ0n) is 13.5. The minimum Gasteiger partial charge on any atom is -0.364 e. The molecule has 0 atom stereocenters. The minimum atomic E-state index is 0.578. The van der Waals surface area contributed by atoms with Gasteiger partial charge in [-0.25, -0.2) is 14.6 Å². The molecule has 0 unspecified atom stereocenters. The maximum Gasteiger partial charge on any atom is 0.168 e. The molecular weight excluding hydrogens is 336 g/mol. The van der Waals surface area contributed by atoms with Crippen LogP contribution in [0.15, 0.2) is 55.1 Å². The third-order valence-electron chi connectivity index (χ3n) is 3.93. The fourth-order valence-electron chi connectivity index (χ4n) is 2.65. The summed E-state index contributed by atoms with van der Waals surface area (Å²) in [6, 6.07) is 11.5. The summed E-state index contributed by atoms with van der Waals surface area (Å²) in [7, 11) is 0. The fourth-order valence-corrected chi connectivity index (χ4v) is 2.82. The maximum absolute atomic E-state index is 6.14. The van der Waals surface area contributed by atoms with E-state index in [1.807, 2.05) is 43.3 Å². The number of nitrogens with zero attached hydrogens (tertiary/aromatic N) is 5. The molecule has 7 heteroatoms. The second-order valence-corrected chi connectivity index (χ2v) is 6.06. The van der Waals surface area contributed by atoms with Gasteiger partial charge in [-0.1, -0.05) is 23.7 Å². The molecule has 0 spiro atoms. The average molecular weight is 351 g/mol. The largest absolute Gasteiger partial charge is 0.364 e. The number of fused-ring (bicyclic) bond motifs is 1. The number of rotatable bonds is 4. The zero-order valence-corrected chi connectivity index (χ0v) is 14.3. The predicted molar refractivity (Wildman–Crippen MR) is 98.0 cm³/mol. The predicted octanol–water partition coefficient (Wildman–Crippen LogP) is 3.78. The Hall–Kier alpha value is -2.99. The van der Waals surface area contributed by atoms with E-state index < -0.39 is 0 Å². The number of benzene rings is 1. The van der Waals surface area contributed by atoms with Crippen LogP contribution in [0.25, 0.3) is 16.7 Å². The molecule has 0 bridgehead atoms. The van der Waals surface area contributed by atoms with Gasteiger partial charge in [0, 0.05) is 11.2 Å². The van der Waals surface area contributed by atoms with Crippen molar-refractivity contribution in [1.82, 2.24) is 24.7 Å². The number of pyridine rings is 1. The summed E-state index contributed by atoms with van der Waals surface area (Å²) in [5.41, 5.74) is 3.63.